The Morgan fingerprint density at radius 3 is 2.58 bits per heavy atom. The van der Waals surface area contributed by atoms with E-state index in [0.717, 1.165) is 23.2 Å². The second-order valence-electron chi connectivity index (χ2n) is 7.64. The fourth-order valence-corrected chi connectivity index (χ4v) is 3.49. The lowest BCUT2D eigenvalue weighted by Gasteiger charge is -2.19. The van der Waals surface area contributed by atoms with Gasteiger partial charge >= 0.3 is 0 Å². The Hall–Kier alpha value is -2.74. The minimum Gasteiger partial charge on any atom is -0.463 e. The van der Waals surface area contributed by atoms with Crippen molar-refractivity contribution in [2.45, 2.75) is 32.0 Å². The normalized spacial score (nSPS) is 12.6. The number of pyridine rings is 1. The molecule has 0 aliphatic heterocycles. The Bertz CT molecular complexity index is 1050. The standard InChI is InChI=1S/C25H29ClN4O2S/c1-17(24(31)29-15-19-9-5-6-10-21(19)26)32-25-23(28-14-13-20(27)16-33)12-11-22(30-25)18-7-3-2-4-8-18/h2-12,17,20,28,33H,13-16,27H2,1H3,(H,29,31). The van der Waals surface area contributed by atoms with Crippen LogP contribution in [0.5, 0.6) is 5.88 Å². The van der Waals surface area contributed by atoms with E-state index in [1.54, 1.807) is 13.0 Å². The molecule has 0 fully saturated rings. The Morgan fingerprint density at radius 1 is 1.12 bits per heavy atom. The van der Waals surface area contributed by atoms with Crippen molar-refractivity contribution in [1.82, 2.24) is 10.3 Å². The summed E-state index contributed by atoms with van der Waals surface area (Å²) in [7, 11) is 0. The maximum atomic E-state index is 12.7. The monoisotopic (exact) mass is 484 g/mol. The molecule has 0 aliphatic carbocycles. The maximum Gasteiger partial charge on any atom is 0.261 e. The molecule has 0 saturated heterocycles. The van der Waals surface area contributed by atoms with Gasteiger partial charge in [0.1, 0.15) is 0 Å². The molecule has 0 spiro atoms. The van der Waals surface area contributed by atoms with Crippen molar-refractivity contribution in [2.24, 2.45) is 5.73 Å². The molecule has 3 aromatic rings. The van der Waals surface area contributed by atoms with Gasteiger partial charge in [0.2, 0.25) is 5.88 Å². The quantitative estimate of drug-likeness (QED) is 0.300. The first-order chi connectivity index (χ1) is 16.0. The summed E-state index contributed by atoms with van der Waals surface area (Å²) in [4.78, 5) is 17.4. The molecule has 6 nitrogen and oxygen atoms in total. The molecule has 33 heavy (non-hydrogen) atoms. The van der Waals surface area contributed by atoms with Crippen LogP contribution in [0.25, 0.3) is 11.3 Å². The number of benzene rings is 2. The number of nitrogens with two attached hydrogens (primary N) is 1. The maximum absolute atomic E-state index is 12.7. The molecule has 2 aromatic carbocycles. The fourth-order valence-electron chi connectivity index (χ4n) is 3.11. The lowest BCUT2D eigenvalue weighted by molar-refractivity contribution is -0.127. The summed E-state index contributed by atoms with van der Waals surface area (Å²) >= 11 is 10.4. The van der Waals surface area contributed by atoms with Crippen molar-refractivity contribution in [3.8, 4) is 17.1 Å². The van der Waals surface area contributed by atoms with Gasteiger partial charge in [0.15, 0.2) is 6.10 Å². The second-order valence-corrected chi connectivity index (χ2v) is 8.41. The zero-order valence-electron chi connectivity index (χ0n) is 18.5. The van der Waals surface area contributed by atoms with E-state index in [2.05, 4.69) is 28.2 Å². The predicted molar refractivity (Wildman–Crippen MR) is 138 cm³/mol. The summed E-state index contributed by atoms with van der Waals surface area (Å²) in [6.07, 6.45) is -0.0108. The van der Waals surface area contributed by atoms with E-state index in [1.807, 2.05) is 60.7 Å². The Kier molecular flexibility index (Phi) is 9.42. The van der Waals surface area contributed by atoms with E-state index in [1.165, 1.54) is 0 Å². The summed E-state index contributed by atoms with van der Waals surface area (Å²) in [6.45, 7) is 2.65. The molecule has 0 saturated carbocycles. The number of anilines is 1. The van der Waals surface area contributed by atoms with Crippen molar-refractivity contribution in [3.05, 3.63) is 77.3 Å². The Labute approximate surface area is 205 Å². The molecule has 1 heterocycles. The van der Waals surface area contributed by atoms with Crippen molar-refractivity contribution >= 4 is 35.8 Å². The van der Waals surface area contributed by atoms with E-state index in [0.29, 0.717) is 35.4 Å². The summed E-state index contributed by atoms with van der Waals surface area (Å²) in [6, 6.07) is 21.0. The number of halogens is 1. The number of aromatic nitrogens is 1. The van der Waals surface area contributed by atoms with Gasteiger partial charge in [-0.2, -0.15) is 12.6 Å². The molecule has 2 atom stereocenters. The van der Waals surface area contributed by atoms with Gasteiger partial charge in [-0.15, -0.1) is 0 Å². The molecule has 1 amide bonds. The first-order valence-corrected chi connectivity index (χ1v) is 11.8. The number of hydrogen-bond acceptors (Lipinski definition) is 6. The molecule has 4 N–H and O–H groups in total. The number of carbonyl (C=O) groups excluding carboxylic acids is 1. The Balaban J connectivity index is 1.73. The smallest absolute Gasteiger partial charge is 0.261 e. The zero-order chi connectivity index (χ0) is 23.6. The van der Waals surface area contributed by atoms with E-state index in [4.69, 9.17) is 22.1 Å². The number of hydrogen-bond donors (Lipinski definition) is 4. The topological polar surface area (TPSA) is 89.3 Å². The highest BCUT2D eigenvalue weighted by atomic mass is 35.5. The minimum absolute atomic E-state index is 0.00346. The molecule has 3 rings (SSSR count). The van der Waals surface area contributed by atoms with Gasteiger partial charge in [-0.3, -0.25) is 4.79 Å². The van der Waals surface area contributed by atoms with Gasteiger partial charge in [0.25, 0.3) is 5.91 Å². The van der Waals surface area contributed by atoms with Gasteiger partial charge < -0.3 is 21.1 Å². The molecular weight excluding hydrogens is 456 g/mol. The average Bonchev–Trinajstić information content (AvgIpc) is 2.84. The molecule has 0 radical (unpaired) electrons. The summed E-state index contributed by atoms with van der Waals surface area (Å²) < 4.78 is 6.01. The molecule has 0 bridgehead atoms. The number of ether oxygens (including phenoxy) is 1. The lowest BCUT2D eigenvalue weighted by Crippen LogP contribution is -2.36. The highest BCUT2D eigenvalue weighted by Crippen LogP contribution is 2.28. The van der Waals surface area contributed by atoms with Gasteiger partial charge in [-0.1, -0.05) is 60.1 Å². The average molecular weight is 485 g/mol. The minimum atomic E-state index is -0.758. The summed E-state index contributed by atoms with van der Waals surface area (Å²) in [5.74, 6) is 0.708. The van der Waals surface area contributed by atoms with Gasteiger partial charge in [0, 0.05) is 35.5 Å². The van der Waals surface area contributed by atoms with E-state index in [9.17, 15) is 4.79 Å². The van der Waals surface area contributed by atoms with Crippen LogP contribution in [0.15, 0.2) is 66.7 Å². The van der Waals surface area contributed by atoms with Gasteiger partial charge in [0.05, 0.1) is 11.4 Å². The van der Waals surface area contributed by atoms with Crippen LogP contribution in [0.2, 0.25) is 5.02 Å². The summed E-state index contributed by atoms with van der Waals surface area (Å²) in [5.41, 5.74) is 9.22. The summed E-state index contributed by atoms with van der Waals surface area (Å²) in [5, 5.41) is 6.79. The Morgan fingerprint density at radius 2 is 1.85 bits per heavy atom. The van der Waals surface area contributed by atoms with Gasteiger partial charge in [-0.05, 0) is 37.1 Å². The number of nitrogens with one attached hydrogen (secondary N) is 2. The van der Waals surface area contributed by atoms with E-state index in [-0.39, 0.29) is 11.9 Å². The van der Waals surface area contributed by atoms with Crippen molar-refractivity contribution in [3.63, 3.8) is 0 Å². The number of nitrogens with zero attached hydrogens (tertiary/aromatic N) is 1. The number of thiol groups is 1. The highest BCUT2D eigenvalue weighted by Gasteiger charge is 2.18. The third-order valence-electron chi connectivity index (χ3n) is 5.06. The molecule has 174 valence electrons. The van der Waals surface area contributed by atoms with E-state index >= 15 is 0 Å². The predicted octanol–water partition coefficient (Wildman–Crippen LogP) is 4.54. The molecule has 1 aromatic heterocycles. The van der Waals surface area contributed by atoms with Gasteiger partial charge in [-0.25, -0.2) is 4.98 Å². The van der Waals surface area contributed by atoms with Crippen LogP contribution in [0.3, 0.4) is 0 Å². The first kappa shape index (κ1) is 24.9. The zero-order valence-corrected chi connectivity index (χ0v) is 20.2. The molecular formula is C25H29ClN4O2S. The number of amides is 1. The SMILES string of the molecule is CC(Oc1nc(-c2ccccc2)ccc1NCCC(N)CS)C(=O)NCc1ccccc1Cl. The van der Waals surface area contributed by atoms with Crippen LogP contribution in [0.1, 0.15) is 18.9 Å². The van der Waals surface area contributed by atoms with E-state index < -0.39 is 6.10 Å². The fraction of sp³-hybridized carbons (Fsp3) is 0.280. The second kappa shape index (κ2) is 12.5. The van der Waals surface area contributed by atoms with Crippen LogP contribution < -0.4 is 21.1 Å². The lowest BCUT2D eigenvalue weighted by atomic mass is 10.1. The first-order valence-electron chi connectivity index (χ1n) is 10.8. The molecule has 0 aliphatic rings. The van der Waals surface area contributed by atoms with Crippen molar-refractivity contribution in [2.75, 3.05) is 17.6 Å². The largest absolute Gasteiger partial charge is 0.463 e. The number of rotatable bonds is 11. The van der Waals surface area contributed by atoms with Crippen LogP contribution >= 0.6 is 24.2 Å². The van der Waals surface area contributed by atoms with Crippen LogP contribution in [0.4, 0.5) is 5.69 Å². The third kappa shape index (κ3) is 7.39. The molecule has 2 unspecified atom stereocenters. The number of carbonyl (C=O) groups is 1. The van der Waals surface area contributed by atoms with Crippen LogP contribution in [-0.2, 0) is 11.3 Å². The third-order valence-corrected chi connectivity index (χ3v) is 5.90. The van der Waals surface area contributed by atoms with Crippen molar-refractivity contribution in [1.29, 1.82) is 0 Å². The van der Waals surface area contributed by atoms with Crippen LogP contribution in [-0.4, -0.2) is 35.3 Å². The molecule has 8 heteroatoms. The highest BCUT2D eigenvalue weighted by molar-refractivity contribution is 7.80. The van der Waals surface area contributed by atoms with Crippen molar-refractivity contribution < 1.29 is 9.53 Å². The van der Waals surface area contributed by atoms with Crippen LogP contribution in [0, 0.1) is 0 Å².